The van der Waals surface area contributed by atoms with Crippen LogP contribution < -0.4 is 5.32 Å². The van der Waals surface area contributed by atoms with E-state index in [1.165, 1.54) is 35.1 Å². The molecule has 4 rings (SSSR count). The van der Waals surface area contributed by atoms with Gasteiger partial charge in [-0.15, -0.1) is 0 Å². The summed E-state index contributed by atoms with van der Waals surface area (Å²) in [5.74, 6) is 0.696. The van der Waals surface area contributed by atoms with Crippen molar-refractivity contribution in [3.63, 3.8) is 0 Å². The largest absolute Gasteiger partial charge is 0.357 e. The normalized spacial score (nSPS) is 18.7. The van der Waals surface area contributed by atoms with E-state index in [1.54, 1.807) is 0 Å². The molecule has 2 aliphatic rings. The molecule has 1 aromatic carbocycles. The van der Waals surface area contributed by atoms with E-state index in [9.17, 15) is 0 Å². The fraction of sp³-hybridized carbons (Fsp3) is 0.368. The van der Waals surface area contributed by atoms with E-state index in [0.29, 0.717) is 5.95 Å². The predicted molar refractivity (Wildman–Crippen MR) is 90.0 cm³/mol. The second kappa shape index (κ2) is 4.94. The Morgan fingerprint density at radius 3 is 2.73 bits per heavy atom. The van der Waals surface area contributed by atoms with Gasteiger partial charge in [0.25, 0.3) is 0 Å². The molecule has 3 nitrogen and oxygen atoms in total. The van der Waals surface area contributed by atoms with Gasteiger partial charge in [0.05, 0.1) is 5.69 Å². The molecule has 0 unspecified atom stereocenters. The molecule has 1 N–H and O–H groups in total. The summed E-state index contributed by atoms with van der Waals surface area (Å²) in [6.45, 7) is 4.18. The second-order valence-corrected chi connectivity index (χ2v) is 6.57. The van der Waals surface area contributed by atoms with Crippen LogP contribution in [0.2, 0.25) is 0 Å². The highest BCUT2D eigenvalue weighted by Gasteiger charge is 2.40. The summed E-state index contributed by atoms with van der Waals surface area (Å²) in [7, 11) is 1.87. The predicted octanol–water partition coefficient (Wildman–Crippen LogP) is 4.11. The number of hydrogen-bond acceptors (Lipinski definition) is 3. The summed E-state index contributed by atoms with van der Waals surface area (Å²) in [6, 6.07) is 8.79. The first kappa shape index (κ1) is 13.5. The maximum Gasteiger partial charge on any atom is 0.222 e. The summed E-state index contributed by atoms with van der Waals surface area (Å²) in [4.78, 5) is 9.16. The van der Waals surface area contributed by atoms with Crippen LogP contribution in [0.25, 0.3) is 11.3 Å². The molecule has 2 aliphatic carbocycles. The van der Waals surface area contributed by atoms with Crippen LogP contribution in [-0.4, -0.2) is 17.0 Å². The number of benzene rings is 1. The lowest BCUT2D eigenvalue weighted by Crippen LogP contribution is -2.35. The highest BCUT2D eigenvalue weighted by Crippen LogP contribution is 2.50. The maximum atomic E-state index is 4.73. The highest BCUT2D eigenvalue weighted by molar-refractivity contribution is 5.72. The van der Waals surface area contributed by atoms with E-state index in [4.69, 9.17) is 4.98 Å². The molecule has 1 fully saturated rings. The molecule has 22 heavy (non-hydrogen) atoms. The third-order valence-corrected chi connectivity index (χ3v) is 5.28. The number of rotatable bonds is 1. The maximum absolute atomic E-state index is 4.73. The Hall–Kier alpha value is -2.16. The zero-order chi connectivity index (χ0) is 15.2. The van der Waals surface area contributed by atoms with Crippen LogP contribution >= 0.6 is 0 Å². The molecule has 112 valence electrons. The van der Waals surface area contributed by atoms with Gasteiger partial charge >= 0.3 is 0 Å². The van der Waals surface area contributed by atoms with Crippen LogP contribution in [0.4, 0.5) is 5.95 Å². The van der Waals surface area contributed by atoms with Crippen molar-refractivity contribution >= 4 is 5.95 Å². The summed E-state index contributed by atoms with van der Waals surface area (Å²) >= 11 is 0. The van der Waals surface area contributed by atoms with E-state index in [-0.39, 0.29) is 5.41 Å². The minimum Gasteiger partial charge on any atom is -0.357 e. The van der Waals surface area contributed by atoms with Gasteiger partial charge in [0.2, 0.25) is 5.95 Å². The zero-order valence-electron chi connectivity index (χ0n) is 13.0. The van der Waals surface area contributed by atoms with Crippen molar-refractivity contribution in [1.82, 2.24) is 9.97 Å². The third kappa shape index (κ3) is 1.96. The molecular formula is C19H21N3. The van der Waals surface area contributed by atoms with Crippen molar-refractivity contribution < 1.29 is 0 Å². The molecule has 0 saturated heterocycles. The molecule has 0 aliphatic heterocycles. The first-order valence-electron chi connectivity index (χ1n) is 8.02. The van der Waals surface area contributed by atoms with Gasteiger partial charge in [-0.3, -0.25) is 0 Å². The lowest BCUT2D eigenvalue weighted by molar-refractivity contribution is 0.326. The van der Waals surface area contributed by atoms with Crippen LogP contribution in [0.1, 0.15) is 36.8 Å². The lowest BCUT2D eigenvalue weighted by atomic mass is 9.61. The number of anilines is 1. The van der Waals surface area contributed by atoms with Crippen molar-refractivity contribution in [2.24, 2.45) is 0 Å². The molecule has 0 bridgehead atoms. The van der Waals surface area contributed by atoms with E-state index in [0.717, 1.165) is 25.0 Å². The molecule has 1 spiro atoms. The average Bonchev–Trinajstić information content (AvgIpc) is 2.58. The van der Waals surface area contributed by atoms with Crippen molar-refractivity contribution in [1.29, 1.82) is 0 Å². The van der Waals surface area contributed by atoms with Crippen LogP contribution in [0, 0.1) is 0 Å². The van der Waals surface area contributed by atoms with Gasteiger partial charge in [0.15, 0.2) is 0 Å². The van der Waals surface area contributed by atoms with E-state index < -0.39 is 0 Å². The van der Waals surface area contributed by atoms with Gasteiger partial charge < -0.3 is 5.32 Å². The number of fused-ring (bicyclic) bond motifs is 4. The number of nitrogens with zero attached hydrogens (tertiary/aromatic N) is 2. The average molecular weight is 291 g/mol. The topological polar surface area (TPSA) is 37.8 Å². The van der Waals surface area contributed by atoms with Gasteiger partial charge in [0, 0.05) is 24.2 Å². The first-order chi connectivity index (χ1) is 10.7. The van der Waals surface area contributed by atoms with Crippen molar-refractivity contribution in [2.75, 3.05) is 12.4 Å². The molecule has 2 aromatic rings. The molecule has 1 saturated carbocycles. The first-order valence-corrected chi connectivity index (χ1v) is 8.02. The monoisotopic (exact) mass is 291 g/mol. The smallest absolute Gasteiger partial charge is 0.222 e. The zero-order valence-corrected chi connectivity index (χ0v) is 13.0. The van der Waals surface area contributed by atoms with E-state index in [2.05, 4.69) is 41.1 Å². The SMILES string of the molecule is C=C1CCC2(CC1)Cc1cnc(NC)nc1-c1ccccc12. The Morgan fingerprint density at radius 2 is 1.95 bits per heavy atom. The Labute approximate surface area is 131 Å². The second-order valence-electron chi connectivity index (χ2n) is 6.57. The quantitative estimate of drug-likeness (QED) is 0.803. The van der Waals surface area contributed by atoms with Gasteiger partial charge in [0.1, 0.15) is 0 Å². The van der Waals surface area contributed by atoms with Gasteiger partial charge in [-0.1, -0.05) is 36.4 Å². The molecular weight excluding hydrogens is 270 g/mol. The fourth-order valence-corrected chi connectivity index (χ4v) is 4.03. The van der Waals surface area contributed by atoms with Crippen LogP contribution in [-0.2, 0) is 11.8 Å². The van der Waals surface area contributed by atoms with Crippen molar-refractivity contribution in [3.05, 3.63) is 53.7 Å². The van der Waals surface area contributed by atoms with Crippen molar-refractivity contribution in [3.8, 4) is 11.3 Å². The standard InChI is InChI=1S/C19H21N3/c1-13-7-9-19(10-8-13)11-14-12-21-18(20-2)22-17(14)15-5-3-4-6-16(15)19/h3-6,12H,1,7-11H2,2H3,(H,20,21,22). The van der Waals surface area contributed by atoms with Crippen molar-refractivity contribution in [2.45, 2.75) is 37.5 Å². The molecule has 0 radical (unpaired) electrons. The lowest BCUT2D eigenvalue weighted by Gasteiger charge is -2.43. The number of allylic oxidation sites excluding steroid dienone is 1. The fourth-order valence-electron chi connectivity index (χ4n) is 4.03. The van der Waals surface area contributed by atoms with Gasteiger partial charge in [-0.05, 0) is 43.2 Å². The van der Waals surface area contributed by atoms with Crippen LogP contribution in [0.3, 0.4) is 0 Å². The molecule has 0 atom stereocenters. The number of aromatic nitrogens is 2. The minimum absolute atomic E-state index is 0.245. The summed E-state index contributed by atoms with van der Waals surface area (Å²) in [5, 5.41) is 3.05. The summed E-state index contributed by atoms with van der Waals surface area (Å²) in [5.41, 5.74) is 6.78. The molecule has 3 heteroatoms. The molecule has 1 aromatic heterocycles. The van der Waals surface area contributed by atoms with E-state index >= 15 is 0 Å². The van der Waals surface area contributed by atoms with Crippen LogP contribution in [0.15, 0.2) is 42.6 Å². The van der Waals surface area contributed by atoms with E-state index in [1.807, 2.05) is 13.2 Å². The summed E-state index contributed by atoms with van der Waals surface area (Å²) < 4.78 is 0. The number of nitrogens with one attached hydrogen (secondary N) is 1. The van der Waals surface area contributed by atoms with Gasteiger partial charge in [-0.25, -0.2) is 9.97 Å². The Balaban J connectivity index is 1.88. The Bertz CT molecular complexity index is 738. The highest BCUT2D eigenvalue weighted by atomic mass is 15.1. The molecule has 0 amide bonds. The van der Waals surface area contributed by atoms with Crippen LogP contribution in [0.5, 0.6) is 0 Å². The Morgan fingerprint density at radius 1 is 1.18 bits per heavy atom. The number of hydrogen-bond donors (Lipinski definition) is 1. The minimum atomic E-state index is 0.245. The third-order valence-electron chi connectivity index (χ3n) is 5.28. The Kier molecular flexibility index (Phi) is 3.03. The van der Waals surface area contributed by atoms with Gasteiger partial charge in [-0.2, -0.15) is 0 Å². The molecule has 1 heterocycles. The summed E-state index contributed by atoms with van der Waals surface area (Å²) in [6.07, 6.45) is 7.72.